The van der Waals surface area contributed by atoms with Crippen LogP contribution in [0.2, 0.25) is 0 Å². The SMILES string of the molecule is CCCCCCCCC=CCCCCCCCC(=O)O.CCCCOCCO.CCO. The largest absolute Gasteiger partial charge is 0.481 e. The Morgan fingerprint density at radius 1 is 0.677 bits per heavy atom. The van der Waals surface area contributed by atoms with Crippen molar-refractivity contribution in [1.82, 2.24) is 0 Å². The number of hydrogen-bond acceptors (Lipinski definition) is 4. The maximum Gasteiger partial charge on any atom is 0.303 e. The van der Waals surface area contributed by atoms with Gasteiger partial charge in [0.2, 0.25) is 0 Å². The Kier molecular flexibility index (Phi) is 40.8. The van der Waals surface area contributed by atoms with Crippen molar-refractivity contribution in [2.24, 2.45) is 0 Å². The lowest BCUT2D eigenvalue weighted by Crippen LogP contribution is -1.99. The molecule has 5 nitrogen and oxygen atoms in total. The number of unbranched alkanes of at least 4 members (excludes halogenated alkanes) is 12. The smallest absolute Gasteiger partial charge is 0.303 e. The summed E-state index contributed by atoms with van der Waals surface area (Å²) in [4.78, 5) is 10.3. The molecule has 5 heteroatoms. The van der Waals surface area contributed by atoms with Crippen LogP contribution in [0.5, 0.6) is 0 Å². The molecule has 0 rings (SSSR count). The molecule has 0 atom stereocenters. The number of allylic oxidation sites excluding steroid dienone is 2. The molecule has 0 heterocycles. The Labute approximate surface area is 193 Å². The van der Waals surface area contributed by atoms with E-state index in [0.29, 0.717) is 13.0 Å². The molecule has 0 fully saturated rings. The zero-order valence-corrected chi connectivity index (χ0v) is 21.0. The third-order valence-electron chi connectivity index (χ3n) is 4.53. The fraction of sp³-hybridized carbons (Fsp3) is 0.885. The summed E-state index contributed by atoms with van der Waals surface area (Å²) in [5.41, 5.74) is 0. The maximum atomic E-state index is 10.3. The first-order chi connectivity index (χ1) is 15.1. The van der Waals surface area contributed by atoms with Crippen LogP contribution in [0.3, 0.4) is 0 Å². The number of carboxylic acids is 1. The van der Waals surface area contributed by atoms with Crippen molar-refractivity contribution in [2.45, 2.75) is 124 Å². The van der Waals surface area contributed by atoms with Gasteiger partial charge < -0.3 is 20.1 Å². The number of aliphatic carboxylic acids is 1. The fourth-order valence-corrected chi connectivity index (χ4v) is 2.76. The highest BCUT2D eigenvalue weighted by Gasteiger charge is 1.95. The number of rotatable bonds is 20. The fourth-order valence-electron chi connectivity index (χ4n) is 2.76. The minimum atomic E-state index is -0.664. The van der Waals surface area contributed by atoms with Gasteiger partial charge in [-0.15, -0.1) is 0 Å². The molecule has 31 heavy (non-hydrogen) atoms. The van der Waals surface area contributed by atoms with E-state index >= 15 is 0 Å². The molecule has 0 spiro atoms. The lowest BCUT2D eigenvalue weighted by Gasteiger charge is -1.99. The molecule has 0 saturated heterocycles. The average molecular weight is 447 g/mol. The van der Waals surface area contributed by atoms with Crippen molar-refractivity contribution in [1.29, 1.82) is 0 Å². The summed E-state index contributed by atoms with van der Waals surface area (Å²) < 4.78 is 4.97. The summed E-state index contributed by atoms with van der Waals surface area (Å²) in [6, 6.07) is 0. The van der Waals surface area contributed by atoms with E-state index in [1.165, 1.54) is 70.6 Å². The molecule has 0 radical (unpaired) electrons. The molecule has 0 saturated carbocycles. The van der Waals surface area contributed by atoms with E-state index < -0.39 is 5.97 Å². The second-order valence-electron chi connectivity index (χ2n) is 7.73. The number of hydrogen-bond donors (Lipinski definition) is 3. The number of ether oxygens (including phenoxy) is 1. The van der Waals surface area contributed by atoms with Crippen molar-refractivity contribution in [2.75, 3.05) is 26.4 Å². The number of carboxylic acid groups (broad SMARTS) is 1. The van der Waals surface area contributed by atoms with Gasteiger partial charge in [-0.2, -0.15) is 0 Å². The minimum Gasteiger partial charge on any atom is -0.481 e. The van der Waals surface area contributed by atoms with E-state index in [1.807, 2.05) is 0 Å². The molecular formula is C26H54O5. The summed E-state index contributed by atoms with van der Waals surface area (Å²) in [5.74, 6) is -0.664. The van der Waals surface area contributed by atoms with Gasteiger partial charge in [0.1, 0.15) is 0 Å². The molecule has 188 valence electrons. The van der Waals surface area contributed by atoms with E-state index in [-0.39, 0.29) is 13.2 Å². The van der Waals surface area contributed by atoms with Crippen LogP contribution in [0, 0.1) is 0 Å². The highest BCUT2D eigenvalue weighted by molar-refractivity contribution is 5.66. The third kappa shape index (κ3) is 48.0. The average Bonchev–Trinajstić information content (AvgIpc) is 2.75. The van der Waals surface area contributed by atoms with Crippen LogP contribution in [-0.4, -0.2) is 47.7 Å². The summed E-state index contributed by atoms with van der Waals surface area (Å²) in [7, 11) is 0. The molecule has 0 aromatic rings. The minimum absolute atomic E-state index is 0.143. The Morgan fingerprint density at radius 3 is 1.58 bits per heavy atom. The van der Waals surface area contributed by atoms with Crippen LogP contribution < -0.4 is 0 Å². The first-order valence-corrected chi connectivity index (χ1v) is 12.8. The standard InChI is InChI=1S/C18H34O2.C6H14O2.C2H6O/c1-2-3-4-5-6-7-8-9-10-11-12-13-14-15-16-17-18(19)20;1-2-3-5-8-6-4-7;1-2-3/h9-10H,2-8,11-17H2,1H3,(H,19,20);7H,2-6H2,1H3;3H,2H2,1H3. The van der Waals surface area contributed by atoms with Gasteiger partial charge in [0, 0.05) is 19.6 Å². The van der Waals surface area contributed by atoms with Crippen molar-refractivity contribution in [3.8, 4) is 0 Å². The van der Waals surface area contributed by atoms with Crippen LogP contribution in [-0.2, 0) is 9.53 Å². The molecule has 0 aromatic heterocycles. The number of aliphatic hydroxyl groups excluding tert-OH is 2. The summed E-state index contributed by atoms with van der Waals surface area (Å²) in [5, 5.41) is 24.3. The van der Waals surface area contributed by atoms with Crippen molar-refractivity contribution < 1.29 is 24.9 Å². The Balaban J connectivity index is -0.000000589. The molecular weight excluding hydrogens is 392 g/mol. The Hall–Kier alpha value is -0.910. The van der Waals surface area contributed by atoms with Gasteiger partial charge in [-0.1, -0.05) is 83.8 Å². The van der Waals surface area contributed by atoms with Gasteiger partial charge in [-0.05, 0) is 45.4 Å². The molecule has 0 aliphatic rings. The van der Waals surface area contributed by atoms with Crippen LogP contribution in [0.1, 0.15) is 124 Å². The predicted octanol–water partition coefficient (Wildman–Crippen LogP) is 6.90. The quantitative estimate of drug-likeness (QED) is 0.140. The predicted molar refractivity (Wildman–Crippen MR) is 133 cm³/mol. The zero-order chi connectivity index (χ0) is 23.8. The molecule has 3 N–H and O–H groups in total. The monoisotopic (exact) mass is 446 g/mol. The van der Waals surface area contributed by atoms with Crippen LogP contribution >= 0.6 is 0 Å². The van der Waals surface area contributed by atoms with Crippen molar-refractivity contribution >= 4 is 5.97 Å². The topological polar surface area (TPSA) is 87.0 Å². The number of aliphatic hydroxyl groups is 2. The van der Waals surface area contributed by atoms with E-state index in [9.17, 15) is 4.79 Å². The first-order valence-electron chi connectivity index (χ1n) is 12.8. The summed E-state index contributed by atoms with van der Waals surface area (Å²) in [6.07, 6.45) is 23.5. The van der Waals surface area contributed by atoms with Gasteiger partial charge in [-0.25, -0.2) is 0 Å². The molecule has 0 aromatic carbocycles. The van der Waals surface area contributed by atoms with Crippen molar-refractivity contribution in [3.05, 3.63) is 12.2 Å². The normalized spacial score (nSPS) is 10.4. The van der Waals surface area contributed by atoms with Crippen molar-refractivity contribution in [3.63, 3.8) is 0 Å². The lowest BCUT2D eigenvalue weighted by atomic mass is 10.1. The highest BCUT2D eigenvalue weighted by Crippen LogP contribution is 2.09. The van der Waals surface area contributed by atoms with E-state index in [2.05, 4.69) is 26.0 Å². The van der Waals surface area contributed by atoms with Crippen LogP contribution in [0.25, 0.3) is 0 Å². The first kappa shape index (κ1) is 34.7. The highest BCUT2D eigenvalue weighted by atomic mass is 16.5. The summed E-state index contributed by atoms with van der Waals surface area (Å²) >= 11 is 0. The van der Waals surface area contributed by atoms with Gasteiger partial charge in [0.15, 0.2) is 0 Å². The van der Waals surface area contributed by atoms with Crippen LogP contribution in [0.4, 0.5) is 0 Å². The summed E-state index contributed by atoms with van der Waals surface area (Å²) in [6.45, 7) is 7.72. The number of carbonyl (C=O) groups is 1. The molecule has 0 unspecified atom stereocenters. The van der Waals surface area contributed by atoms with E-state index in [1.54, 1.807) is 6.92 Å². The second kappa shape index (κ2) is 36.5. The second-order valence-corrected chi connectivity index (χ2v) is 7.73. The van der Waals surface area contributed by atoms with Gasteiger partial charge in [-0.3, -0.25) is 4.79 Å². The molecule has 0 amide bonds. The molecule has 0 bridgehead atoms. The van der Waals surface area contributed by atoms with E-state index in [4.69, 9.17) is 20.1 Å². The molecule has 0 aliphatic heterocycles. The lowest BCUT2D eigenvalue weighted by molar-refractivity contribution is -0.137. The van der Waals surface area contributed by atoms with Gasteiger partial charge >= 0.3 is 5.97 Å². The van der Waals surface area contributed by atoms with Gasteiger partial charge in [0.25, 0.3) is 0 Å². The van der Waals surface area contributed by atoms with Crippen LogP contribution in [0.15, 0.2) is 12.2 Å². The maximum absolute atomic E-state index is 10.3. The zero-order valence-electron chi connectivity index (χ0n) is 21.0. The van der Waals surface area contributed by atoms with E-state index in [0.717, 1.165) is 32.3 Å². The Bertz CT molecular complexity index is 326. The van der Waals surface area contributed by atoms with Gasteiger partial charge in [0.05, 0.1) is 13.2 Å². The Morgan fingerprint density at radius 2 is 1.13 bits per heavy atom. The molecule has 0 aliphatic carbocycles. The third-order valence-corrected chi connectivity index (χ3v) is 4.53.